The van der Waals surface area contributed by atoms with Crippen LogP contribution in [0.5, 0.6) is 5.75 Å². The number of alkyl halides is 2. The van der Waals surface area contributed by atoms with Crippen molar-refractivity contribution in [1.29, 1.82) is 0 Å². The minimum atomic E-state index is -2.77. The summed E-state index contributed by atoms with van der Waals surface area (Å²) in [5, 5.41) is 6.98. The lowest BCUT2D eigenvalue weighted by Gasteiger charge is -2.19. The van der Waals surface area contributed by atoms with Crippen molar-refractivity contribution in [2.45, 2.75) is 19.4 Å². The Labute approximate surface area is 140 Å². The van der Waals surface area contributed by atoms with Crippen molar-refractivity contribution in [3.05, 3.63) is 53.9 Å². The number of ether oxygens (including phenoxy) is 1. The van der Waals surface area contributed by atoms with Gasteiger partial charge in [-0.15, -0.1) is 0 Å². The molecule has 0 saturated carbocycles. The molecule has 1 unspecified atom stereocenters. The van der Waals surface area contributed by atoms with Gasteiger partial charge in [-0.1, -0.05) is 0 Å². The fourth-order valence-corrected chi connectivity index (χ4v) is 2.39. The molecule has 1 atom stereocenters. The summed E-state index contributed by atoms with van der Waals surface area (Å²) in [6.07, 6.45) is 0.470. The van der Waals surface area contributed by atoms with Gasteiger partial charge in [-0.05, 0) is 19.1 Å². The molecule has 0 saturated heterocycles. The van der Waals surface area contributed by atoms with Gasteiger partial charge in [0, 0.05) is 23.9 Å². The van der Waals surface area contributed by atoms with Crippen LogP contribution in [-0.2, 0) is 0 Å². The SMILES string of the molecule is CC(Nc1ccn2nccc2n1)c1cc(F)cc(F)c1OCC(F)F. The van der Waals surface area contributed by atoms with Crippen molar-refractivity contribution >= 4 is 11.5 Å². The highest BCUT2D eigenvalue weighted by Gasteiger charge is 2.20. The second kappa shape index (κ2) is 6.96. The first kappa shape index (κ1) is 17.0. The third-order valence-corrected chi connectivity index (χ3v) is 3.48. The summed E-state index contributed by atoms with van der Waals surface area (Å²) in [6.45, 7) is 0.633. The van der Waals surface area contributed by atoms with Crippen LogP contribution in [0.25, 0.3) is 5.65 Å². The number of hydrogen-bond acceptors (Lipinski definition) is 4. The molecule has 0 bridgehead atoms. The highest BCUT2D eigenvalue weighted by atomic mass is 19.3. The van der Waals surface area contributed by atoms with Crippen LogP contribution in [0.2, 0.25) is 0 Å². The van der Waals surface area contributed by atoms with Gasteiger partial charge in [0.1, 0.15) is 18.2 Å². The average Bonchev–Trinajstić information content (AvgIpc) is 3.00. The summed E-state index contributed by atoms with van der Waals surface area (Å²) in [5.74, 6) is -1.84. The molecule has 0 radical (unpaired) electrons. The fraction of sp³-hybridized carbons (Fsp3) is 0.250. The Morgan fingerprint density at radius 1 is 1.24 bits per heavy atom. The number of nitrogens with one attached hydrogen (secondary N) is 1. The molecule has 1 N–H and O–H groups in total. The van der Waals surface area contributed by atoms with Crippen LogP contribution < -0.4 is 10.1 Å². The van der Waals surface area contributed by atoms with E-state index in [0.717, 1.165) is 6.07 Å². The molecule has 25 heavy (non-hydrogen) atoms. The maximum Gasteiger partial charge on any atom is 0.272 e. The maximum absolute atomic E-state index is 14.0. The Balaban J connectivity index is 1.88. The third kappa shape index (κ3) is 3.81. The van der Waals surface area contributed by atoms with Crippen molar-refractivity contribution in [2.24, 2.45) is 0 Å². The Morgan fingerprint density at radius 2 is 2.04 bits per heavy atom. The lowest BCUT2D eigenvalue weighted by atomic mass is 10.1. The smallest absolute Gasteiger partial charge is 0.272 e. The maximum atomic E-state index is 14.0. The van der Waals surface area contributed by atoms with Crippen LogP contribution in [0.4, 0.5) is 23.4 Å². The third-order valence-electron chi connectivity index (χ3n) is 3.48. The Morgan fingerprint density at radius 3 is 2.80 bits per heavy atom. The van der Waals surface area contributed by atoms with E-state index in [2.05, 4.69) is 15.4 Å². The quantitative estimate of drug-likeness (QED) is 0.684. The Bertz CT molecular complexity index is 884. The first-order valence-corrected chi connectivity index (χ1v) is 7.41. The van der Waals surface area contributed by atoms with E-state index >= 15 is 0 Å². The zero-order valence-electron chi connectivity index (χ0n) is 13.1. The van der Waals surface area contributed by atoms with E-state index < -0.39 is 36.5 Å². The number of fused-ring (bicyclic) bond motifs is 1. The van der Waals surface area contributed by atoms with Crippen LogP contribution in [0.15, 0.2) is 36.7 Å². The van der Waals surface area contributed by atoms with Gasteiger partial charge < -0.3 is 10.1 Å². The molecule has 3 aromatic rings. The van der Waals surface area contributed by atoms with E-state index in [9.17, 15) is 17.6 Å². The lowest BCUT2D eigenvalue weighted by molar-refractivity contribution is 0.0792. The molecule has 2 aromatic heterocycles. The number of anilines is 1. The van der Waals surface area contributed by atoms with E-state index in [1.807, 2.05) is 0 Å². The molecular weight excluding hydrogens is 340 g/mol. The van der Waals surface area contributed by atoms with Crippen molar-refractivity contribution < 1.29 is 22.3 Å². The van der Waals surface area contributed by atoms with Crippen molar-refractivity contribution in [3.8, 4) is 5.75 Å². The van der Waals surface area contributed by atoms with Crippen LogP contribution in [0, 0.1) is 11.6 Å². The molecule has 132 valence electrons. The summed E-state index contributed by atoms with van der Waals surface area (Å²) in [7, 11) is 0. The van der Waals surface area contributed by atoms with E-state index in [-0.39, 0.29) is 5.56 Å². The molecule has 0 aliphatic rings. The topological polar surface area (TPSA) is 51.5 Å². The molecule has 2 heterocycles. The lowest BCUT2D eigenvalue weighted by Crippen LogP contribution is -2.14. The summed E-state index contributed by atoms with van der Waals surface area (Å²) < 4.78 is 58.7. The number of benzene rings is 1. The van der Waals surface area contributed by atoms with Crippen molar-refractivity contribution in [2.75, 3.05) is 11.9 Å². The summed E-state index contributed by atoms with van der Waals surface area (Å²) in [5.41, 5.74) is 0.658. The zero-order chi connectivity index (χ0) is 18.0. The van der Waals surface area contributed by atoms with Crippen LogP contribution in [-0.4, -0.2) is 27.6 Å². The summed E-state index contributed by atoms with van der Waals surface area (Å²) in [4.78, 5) is 4.29. The van der Waals surface area contributed by atoms with Gasteiger partial charge in [0.25, 0.3) is 6.43 Å². The molecule has 0 aliphatic heterocycles. The largest absolute Gasteiger partial charge is 0.484 e. The van der Waals surface area contributed by atoms with Crippen molar-refractivity contribution in [1.82, 2.24) is 14.6 Å². The standard InChI is InChI=1S/C16H14F4N4O/c1-9(22-14-3-5-24-15(23-14)2-4-21-24)11-6-10(17)7-12(18)16(11)25-8-13(19)20/h2-7,9,13H,8H2,1H3,(H,22,23). The summed E-state index contributed by atoms with van der Waals surface area (Å²) >= 11 is 0. The van der Waals surface area contributed by atoms with Gasteiger partial charge in [0.15, 0.2) is 17.2 Å². The highest BCUT2D eigenvalue weighted by Crippen LogP contribution is 2.31. The van der Waals surface area contributed by atoms with Gasteiger partial charge in [-0.2, -0.15) is 5.10 Å². The number of nitrogens with zero attached hydrogens (tertiary/aromatic N) is 3. The van der Waals surface area contributed by atoms with Gasteiger partial charge in [-0.3, -0.25) is 0 Å². The number of aromatic nitrogens is 3. The van der Waals surface area contributed by atoms with Gasteiger partial charge in [-0.25, -0.2) is 27.1 Å². The molecular formula is C16H14F4N4O. The highest BCUT2D eigenvalue weighted by molar-refractivity contribution is 5.48. The molecule has 0 fully saturated rings. The number of hydrogen-bond donors (Lipinski definition) is 1. The second-order valence-corrected chi connectivity index (χ2v) is 5.32. The minimum absolute atomic E-state index is 0.0772. The molecule has 3 rings (SSSR count). The van der Waals surface area contributed by atoms with Gasteiger partial charge >= 0.3 is 0 Å². The first-order valence-electron chi connectivity index (χ1n) is 7.41. The molecule has 0 aliphatic carbocycles. The predicted octanol–water partition coefficient (Wildman–Crippen LogP) is 3.82. The minimum Gasteiger partial charge on any atom is -0.484 e. The monoisotopic (exact) mass is 354 g/mol. The number of rotatable bonds is 6. The van der Waals surface area contributed by atoms with E-state index in [0.29, 0.717) is 17.5 Å². The van der Waals surface area contributed by atoms with E-state index in [4.69, 9.17) is 4.74 Å². The predicted molar refractivity (Wildman–Crippen MR) is 82.9 cm³/mol. The van der Waals surface area contributed by atoms with Crippen LogP contribution in [0.1, 0.15) is 18.5 Å². The first-order chi connectivity index (χ1) is 11.9. The van der Waals surface area contributed by atoms with E-state index in [1.54, 1.807) is 36.0 Å². The summed E-state index contributed by atoms with van der Waals surface area (Å²) in [6, 6.07) is 4.31. The second-order valence-electron chi connectivity index (χ2n) is 5.32. The van der Waals surface area contributed by atoms with Crippen LogP contribution >= 0.6 is 0 Å². The fourth-order valence-electron chi connectivity index (χ4n) is 2.39. The van der Waals surface area contributed by atoms with Gasteiger partial charge in [0.2, 0.25) is 0 Å². The molecule has 0 spiro atoms. The molecule has 1 aromatic carbocycles. The number of halogens is 4. The molecule has 9 heteroatoms. The zero-order valence-corrected chi connectivity index (χ0v) is 13.1. The molecule has 5 nitrogen and oxygen atoms in total. The molecule has 0 amide bonds. The normalized spacial score (nSPS) is 12.6. The Hall–Kier alpha value is -2.84. The van der Waals surface area contributed by atoms with Crippen LogP contribution in [0.3, 0.4) is 0 Å². The average molecular weight is 354 g/mol. The Kier molecular flexibility index (Phi) is 4.73. The van der Waals surface area contributed by atoms with Gasteiger partial charge in [0.05, 0.1) is 12.2 Å². The van der Waals surface area contributed by atoms with Crippen molar-refractivity contribution in [3.63, 3.8) is 0 Å². The van der Waals surface area contributed by atoms with E-state index in [1.165, 1.54) is 0 Å².